The van der Waals surface area contributed by atoms with E-state index in [1.54, 1.807) is 0 Å². The van der Waals surface area contributed by atoms with E-state index in [2.05, 4.69) is 42.3 Å². The maximum absolute atomic E-state index is 11.6. The number of aromatic nitrogens is 1. The fourth-order valence-corrected chi connectivity index (χ4v) is 5.32. The summed E-state index contributed by atoms with van der Waals surface area (Å²) in [6, 6.07) is 19.0. The number of hydrogen-bond donors (Lipinski definition) is 3. The number of carbonyl (C=O) groups is 1. The number of ether oxygens (including phenoxy) is 2. The number of para-hydroxylation sites is 1. The van der Waals surface area contributed by atoms with Gasteiger partial charge in [0.25, 0.3) is 5.82 Å². The second kappa shape index (κ2) is 10.9. The summed E-state index contributed by atoms with van der Waals surface area (Å²) < 4.78 is 14.4. The number of rotatable bonds is 7. The molecule has 1 aromatic heterocycles. The third-order valence-electron chi connectivity index (χ3n) is 7.45. The Morgan fingerprint density at radius 2 is 2.03 bits per heavy atom. The van der Waals surface area contributed by atoms with Crippen molar-refractivity contribution in [3.8, 4) is 17.0 Å². The first-order valence-electron chi connectivity index (χ1n) is 13.3. The summed E-state index contributed by atoms with van der Waals surface area (Å²) in [5.74, 6) is 0.283. The van der Waals surface area contributed by atoms with Gasteiger partial charge in [0.15, 0.2) is 5.57 Å². The average Bonchev–Trinajstić information content (AvgIpc) is 2.91. The van der Waals surface area contributed by atoms with Crippen LogP contribution < -0.4 is 14.6 Å². The van der Waals surface area contributed by atoms with E-state index in [1.807, 2.05) is 54.8 Å². The molecule has 3 N–H and O–H groups in total. The number of pyridine rings is 1. The van der Waals surface area contributed by atoms with E-state index in [-0.39, 0.29) is 11.5 Å². The lowest BCUT2D eigenvalue weighted by Gasteiger charge is -2.32. The van der Waals surface area contributed by atoms with Crippen LogP contribution in [0, 0.1) is 12.3 Å². The van der Waals surface area contributed by atoms with Gasteiger partial charge < -0.3 is 20.0 Å². The van der Waals surface area contributed by atoms with Crippen molar-refractivity contribution >= 4 is 18.0 Å². The molecule has 39 heavy (non-hydrogen) atoms. The first-order chi connectivity index (χ1) is 18.8. The minimum Gasteiger partial charge on any atom is -0.488 e. The average molecular weight is 528 g/mol. The standard InChI is InChI=1S/C31H34N4O4/c1-19(2)34-14-13-23-15-22(11-12-24(23)17-34)18-38-29-20(3)7-5-8-25(29)27-9-6-10-28-33-30(26(16-32)31(36)37)39-21(4)35(27)28/h5-12,15-16,19,21,32H,13-14,17-18H2,1-4H3,(H,36,37)/p+1/b30-26-,32-16?. The van der Waals surface area contributed by atoms with Gasteiger partial charge in [-0.15, -0.1) is 0 Å². The van der Waals surface area contributed by atoms with Crippen LogP contribution in [-0.4, -0.2) is 34.8 Å². The Morgan fingerprint density at radius 1 is 1.23 bits per heavy atom. The molecule has 0 aliphatic carbocycles. The monoisotopic (exact) mass is 527 g/mol. The van der Waals surface area contributed by atoms with Crippen LogP contribution in [0.1, 0.15) is 49.3 Å². The van der Waals surface area contributed by atoms with E-state index in [4.69, 9.17) is 14.9 Å². The van der Waals surface area contributed by atoms with Gasteiger partial charge in [0.05, 0.1) is 5.56 Å². The number of anilines is 1. The van der Waals surface area contributed by atoms with Crippen molar-refractivity contribution in [1.82, 2.24) is 4.90 Å². The van der Waals surface area contributed by atoms with Crippen LogP contribution in [0.4, 0.5) is 5.82 Å². The molecule has 0 bridgehead atoms. The summed E-state index contributed by atoms with van der Waals surface area (Å²) in [4.78, 5) is 14.1. The Labute approximate surface area is 229 Å². The highest BCUT2D eigenvalue weighted by atomic mass is 16.5. The summed E-state index contributed by atoms with van der Waals surface area (Å²) in [7, 11) is 0. The molecule has 0 saturated heterocycles. The number of hydrogen-bond acceptors (Lipinski definition) is 6. The van der Waals surface area contributed by atoms with Crippen LogP contribution in [0.5, 0.6) is 5.75 Å². The van der Waals surface area contributed by atoms with Crippen molar-refractivity contribution < 1.29 is 23.9 Å². The number of carboxylic acids is 1. The van der Waals surface area contributed by atoms with Crippen molar-refractivity contribution in [1.29, 1.82) is 5.41 Å². The predicted molar refractivity (Wildman–Crippen MR) is 150 cm³/mol. The van der Waals surface area contributed by atoms with Gasteiger partial charge in [-0.3, -0.25) is 4.90 Å². The highest BCUT2D eigenvalue weighted by Gasteiger charge is 2.34. The lowest BCUT2D eigenvalue weighted by molar-refractivity contribution is -0.739. The van der Waals surface area contributed by atoms with Crippen LogP contribution in [0.25, 0.3) is 11.3 Å². The lowest BCUT2D eigenvalue weighted by Crippen LogP contribution is -2.48. The van der Waals surface area contributed by atoms with E-state index >= 15 is 0 Å². The maximum atomic E-state index is 11.6. The zero-order chi connectivity index (χ0) is 27.7. The summed E-state index contributed by atoms with van der Waals surface area (Å²) in [5, 5.41) is 20.0. The molecule has 0 radical (unpaired) electrons. The first-order valence-corrected chi connectivity index (χ1v) is 13.3. The molecule has 2 aromatic carbocycles. The van der Waals surface area contributed by atoms with Gasteiger partial charge in [0, 0.05) is 38.3 Å². The Morgan fingerprint density at radius 3 is 2.77 bits per heavy atom. The molecule has 0 fully saturated rings. The largest absolute Gasteiger partial charge is 0.488 e. The molecule has 0 amide bonds. The summed E-state index contributed by atoms with van der Waals surface area (Å²) in [6.07, 6.45) is 1.32. The van der Waals surface area contributed by atoms with Crippen LogP contribution in [0.2, 0.25) is 0 Å². The Hall–Kier alpha value is -4.17. The van der Waals surface area contributed by atoms with Crippen LogP contribution in [0.3, 0.4) is 0 Å². The van der Waals surface area contributed by atoms with Gasteiger partial charge in [-0.1, -0.05) is 30.3 Å². The van der Waals surface area contributed by atoms with Crippen molar-refractivity contribution in [3.63, 3.8) is 0 Å². The topological polar surface area (TPSA) is 98.8 Å². The molecule has 3 heterocycles. The highest BCUT2D eigenvalue weighted by molar-refractivity contribution is 6.08. The van der Waals surface area contributed by atoms with Crippen LogP contribution in [-0.2, 0) is 29.1 Å². The molecule has 1 atom stereocenters. The zero-order valence-corrected chi connectivity index (χ0v) is 22.8. The third-order valence-corrected chi connectivity index (χ3v) is 7.45. The van der Waals surface area contributed by atoms with E-state index in [0.717, 1.165) is 53.9 Å². The van der Waals surface area contributed by atoms with E-state index < -0.39 is 12.2 Å². The number of aryl methyl sites for hydroxylation is 1. The zero-order valence-electron chi connectivity index (χ0n) is 22.8. The normalized spacial score (nSPS) is 17.9. The molecule has 8 heteroatoms. The van der Waals surface area contributed by atoms with Crippen LogP contribution in [0.15, 0.2) is 66.1 Å². The number of nitrogens with zero attached hydrogens (tertiary/aromatic N) is 2. The van der Waals surface area contributed by atoms with Crippen LogP contribution >= 0.6 is 0 Å². The highest BCUT2D eigenvalue weighted by Crippen LogP contribution is 2.35. The molecule has 0 saturated carbocycles. The number of nitrogens with one attached hydrogen (secondary N) is 2. The fraction of sp³-hybridized carbons (Fsp3) is 0.323. The second-order valence-corrected chi connectivity index (χ2v) is 10.4. The SMILES string of the molecule is Cc1cccc(-c2cccc3[n+]2C(C)O/C(=C(/C=N)C(=O)O)N3)c1OCc1ccc2c(c1)CCN(C(C)C)C2. The van der Waals surface area contributed by atoms with Gasteiger partial charge in [0.2, 0.25) is 6.23 Å². The van der Waals surface area contributed by atoms with Gasteiger partial charge in [-0.25, -0.2) is 10.1 Å². The molecule has 3 aromatic rings. The lowest BCUT2D eigenvalue weighted by atomic mass is 9.96. The Kier molecular flexibility index (Phi) is 7.39. The van der Waals surface area contributed by atoms with Crippen molar-refractivity contribution in [2.45, 2.75) is 59.5 Å². The second-order valence-electron chi connectivity index (χ2n) is 10.4. The summed E-state index contributed by atoms with van der Waals surface area (Å²) >= 11 is 0. The van der Waals surface area contributed by atoms with Crippen molar-refractivity contribution in [2.24, 2.45) is 0 Å². The maximum Gasteiger partial charge on any atom is 0.345 e. The number of carboxylic acid groups (broad SMARTS) is 1. The number of aliphatic carboxylic acids is 1. The Bertz CT molecular complexity index is 1460. The molecule has 2 aliphatic rings. The molecule has 5 rings (SSSR count). The van der Waals surface area contributed by atoms with E-state index in [0.29, 0.717) is 18.5 Å². The molecule has 8 nitrogen and oxygen atoms in total. The first kappa shape index (κ1) is 26.4. The van der Waals surface area contributed by atoms with Gasteiger partial charge >= 0.3 is 11.9 Å². The van der Waals surface area contributed by atoms with Gasteiger partial charge in [-0.2, -0.15) is 4.57 Å². The molecular weight excluding hydrogens is 492 g/mol. The molecular formula is C31H35N4O4+. The molecule has 2 aliphatic heterocycles. The fourth-order valence-electron chi connectivity index (χ4n) is 5.32. The molecule has 202 valence electrons. The van der Waals surface area contributed by atoms with Crippen molar-refractivity contribution in [2.75, 3.05) is 11.9 Å². The third kappa shape index (κ3) is 5.25. The molecule has 0 spiro atoms. The quantitative estimate of drug-likeness (QED) is 0.222. The van der Waals surface area contributed by atoms with Gasteiger partial charge in [-0.05, 0) is 67.6 Å². The number of benzene rings is 2. The minimum absolute atomic E-state index is 0.0480. The predicted octanol–water partition coefficient (Wildman–Crippen LogP) is 5.20. The van der Waals surface area contributed by atoms with E-state index in [1.165, 1.54) is 11.1 Å². The number of fused-ring (bicyclic) bond motifs is 2. The van der Waals surface area contributed by atoms with Crippen molar-refractivity contribution in [3.05, 3.63) is 88.3 Å². The Balaban J connectivity index is 1.44. The minimum atomic E-state index is -1.22. The smallest absolute Gasteiger partial charge is 0.345 e. The summed E-state index contributed by atoms with van der Waals surface area (Å²) in [5.41, 5.74) is 6.51. The van der Waals surface area contributed by atoms with Gasteiger partial charge in [0.1, 0.15) is 18.1 Å². The van der Waals surface area contributed by atoms with E-state index in [9.17, 15) is 9.90 Å². The summed E-state index contributed by atoms with van der Waals surface area (Å²) in [6.45, 7) is 10.9. The molecule has 1 unspecified atom stereocenters.